The first-order valence-corrected chi connectivity index (χ1v) is 6.99. The molecule has 9 heteroatoms. The molecule has 1 aromatic rings. The molecule has 1 aromatic heterocycles. The van der Waals surface area contributed by atoms with Gasteiger partial charge in [-0.3, -0.25) is 0 Å². The Balaban J connectivity index is 2.88. The topological polar surface area (TPSA) is 113 Å². The zero-order chi connectivity index (χ0) is 16.9. The van der Waals surface area contributed by atoms with Gasteiger partial charge >= 0.3 is 11.9 Å². The summed E-state index contributed by atoms with van der Waals surface area (Å²) in [7, 11) is 1.18. The number of methoxy groups -OCH3 is 1. The van der Waals surface area contributed by atoms with E-state index in [4.69, 9.17) is 15.3 Å². The fraction of sp³-hybridized carbons (Fsp3) is 0.385. The molecule has 0 saturated heterocycles. The van der Waals surface area contributed by atoms with Crippen LogP contribution in [0.1, 0.15) is 26.5 Å². The molecule has 1 heterocycles. The molecule has 120 valence electrons. The molecular weight excluding hydrogens is 310 g/mol. The first-order valence-electron chi connectivity index (χ1n) is 6.11. The largest absolute Gasteiger partial charge is 0.464 e. The molecule has 0 spiro atoms. The Morgan fingerprint density at radius 1 is 1.36 bits per heavy atom. The summed E-state index contributed by atoms with van der Waals surface area (Å²) in [5.74, 6) is -1.96. The average molecular weight is 327 g/mol. The normalized spacial score (nSPS) is 11.7. The number of carbonyl (C=O) groups is 2. The summed E-state index contributed by atoms with van der Waals surface area (Å²) in [6.45, 7) is 8.48. The van der Waals surface area contributed by atoms with Crippen molar-refractivity contribution in [1.82, 2.24) is 4.98 Å². The standard InChI is InChI=1S/C13H17N3O5S/c1-7(10(17)20-13(2,3)4)21-16-9(11(18)19-5)8-6-22-12(14)15-8/h6H,1H2,2-5H3,(H2,14,15)/b16-9-. The summed E-state index contributed by atoms with van der Waals surface area (Å²) in [6.07, 6.45) is 0. The Kier molecular flexibility index (Phi) is 5.63. The highest BCUT2D eigenvalue weighted by Gasteiger charge is 2.22. The van der Waals surface area contributed by atoms with E-state index in [0.29, 0.717) is 0 Å². The summed E-state index contributed by atoms with van der Waals surface area (Å²) < 4.78 is 9.62. The molecule has 8 nitrogen and oxygen atoms in total. The maximum absolute atomic E-state index is 11.7. The average Bonchev–Trinajstić information content (AvgIpc) is 2.82. The van der Waals surface area contributed by atoms with E-state index in [9.17, 15) is 9.59 Å². The molecule has 0 unspecified atom stereocenters. The van der Waals surface area contributed by atoms with E-state index >= 15 is 0 Å². The third kappa shape index (κ3) is 5.17. The van der Waals surface area contributed by atoms with E-state index in [2.05, 4.69) is 21.5 Å². The Morgan fingerprint density at radius 3 is 2.45 bits per heavy atom. The quantitative estimate of drug-likeness (QED) is 0.286. The van der Waals surface area contributed by atoms with Crippen molar-refractivity contribution in [1.29, 1.82) is 0 Å². The van der Waals surface area contributed by atoms with Crippen molar-refractivity contribution in [2.24, 2.45) is 5.16 Å². The summed E-state index contributed by atoms with van der Waals surface area (Å²) in [4.78, 5) is 32.1. The van der Waals surface area contributed by atoms with Crippen molar-refractivity contribution in [2.75, 3.05) is 12.8 Å². The van der Waals surface area contributed by atoms with Crippen LogP contribution in [0.5, 0.6) is 0 Å². The number of nitrogens with two attached hydrogens (primary N) is 1. The van der Waals surface area contributed by atoms with Crippen molar-refractivity contribution >= 4 is 34.1 Å². The number of oxime groups is 1. The molecule has 0 aliphatic rings. The number of thiazole rings is 1. The highest BCUT2D eigenvalue weighted by Crippen LogP contribution is 2.14. The first kappa shape index (κ1) is 17.6. The summed E-state index contributed by atoms with van der Waals surface area (Å²) in [6, 6.07) is 0. The van der Waals surface area contributed by atoms with Crippen molar-refractivity contribution in [3.05, 3.63) is 23.4 Å². The minimum Gasteiger partial charge on any atom is -0.464 e. The number of anilines is 1. The van der Waals surface area contributed by atoms with Gasteiger partial charge < -0.3 is 20.0 Å². The smallest absolute Gasteiger partial charge is 0.376 e. The van der Waals surface area contributed by atoms with Crippen LogP contribution in [-0.2, 0) is 23.9 Å². The lowest BCUT2D eigenvalue weighted by molar-refractivity contribution is -0.154. The number of rotatable bonds is 5. The van der Waals surface area contributed by atoms with Gasteiger partial charge in [0.15, 0.2) is 5.13 Å². The molecule has 0 aromatic carbocycles. The third-order valence-corrected chi connectivity index (χ3v) is 2.69. The third-order valence-electron chi connectivity index (χ3n) is 2.02. The number of nitrogen functional groups attached to an aromatic ring is 1. The molecule has 0 bridgehead atoms. The highest BCUT2D eigenvalue weighted by molar-refractivity contribution is 7.13. The molecule has 2 N–H and O–H groups in total. The van der Waals surface area contributed by atoms with Crippen LogP contribution in [0.3, 0.4) is 0 Å². The fourth-order valence-electron chi connectivity index (χ4n) is 1.15. The molecular formula is C13H17N3O5S. The Hall–Kier alpha value is -2.42. The summed E-state index contributed by atoms with van der Waals surface area (Å²) in [5, 5.41) is 5.31. The van der Waals surface area contributed by atoms with Gasteiger partial charge in [-0.25, -0.2) is 14.6 Å². The maximum atomic E-state index is 11.7. The van der Waals surface area contributed by atoms with Crippen LogP contribution in [0.25, 0.3) is 0 Å². The summed E-state index contributed by atoms with van der Waals surface area (Å²) in [5.41, 5.74) is 4.73. The fourth-order valence-corrected chi connectivity index (χ4v) is 1.70. The lowest BCUT2D eigenvalue weighted by atomic mass is 10.2. The minimum absolute atomic E-state index is 0.173. The predicted octanol–water partition coefficient (Wildman–Crippen LogP) is 1.47. The van der Waals surface area contributed by atoms with Crippen molar-refractivity contribution in [3.8, 4) is 0 Å². The number of aromatic nitrogens is 1. The first-order chi connectivity index (χ1) is 10.1. The highest BCUT2D eigenvalue weighted by atomic mass is 32.1. The number of carbonyl (C=O) groups excluding carboxylic acids is 2. The van der Waals surface area contributed by atoms with Gasteiger partial charge in [0.05, 0.1) is 7.11 Å². The van der Waals surface area contributed by atoms with Crippen LogP contribution < -0.4 is 5.73 Å². The molecule has 0 amide bonds. The molecule has 0 saturated carbocycles. The van der Waals surface area contributed by atoms with Crippen molar-refractivity contribution in [2.45, 2.75) is 26.4 Å². The van der Waals surface area contributed by atoms with Crippen LogP contribution in [0.15, 0.2) is 22.9 Å². The van der Waals surface area contributed by atoms with Crippen LogP contribution >= 0.6 is 11.3 Å². The number of hydrogen-bond donors (Lipinski definition) is 1. The number of nitrogens with zero attached hydrogens (tertiary/aromatic N) is 2. The van der Waals surface area contributed by atoms with Gasteiger partial charge in [0, 0.05) is 5.38 Å². The minimum atomic E-state index is -0.793. The van der Waals surface area contributed by atoms with Gasteiger partial charge in [-0.1, -0.05) is 5.16 Å². The van der Waals surface area contributed by atoms with E-state index in [1.165, 1.54) is 12.5 Å². The molecule has 0 radical (unpaired) electrons. The van der Waals surface area contributed by atoms with Crippen LogP contribution in [0.4, 0.5) is 5.13 Å². The molecule has 0 aliphatic heterocycles. The van der Waals surface area contributed by atoms with E-state index in [-0.39, 0.29) is 22.3 Å². The van der Waals surface area contributed by atoms with E-state index < -0.39 is 17.5 Å². The molecule has 22 heavy (non-hydrogen) atoms. The second-order valence-electron chi connectivity index (χ2n) is 5.02. The van der Waals surface area contributed by atoms with Gasteiger partial charge in [0.25, 0.3) is 0 Å². The zero-order valence-corrected chi connectivity index (χ0v) is 13.5. The zero-order valence-electron chi connectivity index (χ0n) is 12.7. The van der Waals surface area contributed by atoms with Crippen molar-refractivity contribution in [3.63, 3.8) is 0 Å². The van der Waals surface area contributed by atoms with E-state index in [1.807, 2.05) is 0 Å². The maximum Gasteiger partial charge on any atom is 0.376 e. The monoisotopic (exact) mass is 327 g/mol. The second-order valence-corrected chi connectivity index (χ2v) is 5.91. The lowest BCUT2D eigenvalue weighted by Gasteiger charge is -2.19. The number of esters is 2. The van der Waals surface area contributed by atoms with Gasteiger partial charge in [0.1, 0.15) is 11.3 Å². The summed E-state index contributed by atoms with van der Waals surface area (Å²) >= 11 is 1.12. The Bertz CT molecular complexity index is 615. The molecule has 0 atom stereocenters. The number of hydrogen-bond acceptors (Lipinski definition) is 9. The Morgan fingerprint density at radius 2 is 2.00 bits per heavy atom. The van der Waals surface area contributed by atoms with Gasteiger partial charge in [-0.2, -0.15) is 0 Å². The van der Waals surface area contributed by atoms with Crippen LogP contribution in [0, 0.1) is 0 Å². The molecule has 1 rings (SSSR count). The van der Waals surface area contributed by atoms with Gasteiger partial charge in [-0.05, 0) is 27.4 Å². The predicted molar refractivity (Wildman–Crippen MR) is 81.1 cm³/mol. The lowest BCUT2D eigenvalue weighted by Crippen LogP contribution is -2.25. The molecule has 0 fully saturated rings. The van der Waals surface area contributed by atoms with Gasteiger partial charge in [0.2, 0.25) is 11.5 Å². The van der Waals surface area contributed by atoms with Crippen LogP contribution in [-0.4, -0.2) is 35.3 Å². The molecule has 0 aliphatic carbocycles. The van der Waals surface area contributed by atoms with E-state index in [0.717, 1.165) is 11.3 Å². The van der Waals surface area contributed by atoms with Crippen molar-refractivity contribution < 1.29 is 23.9 Å². The second kappa shape index (κ2) is 7.03. The van der Waals surface area contributed by atoms with E-state index in [1.54, 1.807) is 20.8 Å². The SMILES string of the molecule is C=C(O/N=C(\C(=O)OC)c1csc(N)n1)C(=O)OC(C)(C)C. The number of ether oxygens (including phenoxy) is 2. The van der Waals surface area contributed by atoms with Gasteiger partial charge in [-0.15, -0.1) is 11.3 Å². The Labute approximate surface area is 131 Å². The van der Waals surface area contributed by atoms with Crippen LogP contribution in [0.2, 0.25) is 0 Å².